The first-order valence-electron chi connectivity index (χ1n) is 8.68. The highest BCUT2D eigenvalue weighted by Crippen LogP contribution is 2.37. The van der Waals surface area contributed by atoms with Crippen LogP contribution in [0.3, 0.4) is 0 Å². The molecule has 4 heteroatoms. The molecule has 1 aromatic heterocycles. The molecule has 2 aromatic carbocycles. The minimum atomic E-state index is -0.248. The molecule has 2 bridgehead atoms. The van der Waals surface area contributed by atoms with Crippen LogP contribution in [-0.4, -0.2) is 39.6 Å². The van der Waals surface area contributed by atoms with Gasteiger partial charge in [0.05, 0.1) is 6.10 Å². The summed E-state index contributed by atoms with van der Waals surface area (Å²) in [4.78, 5) is 18.4. The third-order valence-corrected chi connectivity index (χ3v) is 5.66. The number of likely N-dealkylation sites (tertiary alicyclic amines) is 1. The van der Waals surface area contributed by atoms with Crippen LogP contribution in [0.25, 0.3) is 21.8 Å². The van der Waals surface area contributed by atoms with Crippen molar-refractivity contribution in [3.8, 4) is 0 Å². The smallest absolute Gasteiger partial charge is 0.254 e. The number of fused-ring (bicyclic) bond motifs is 5. The first kappa shape index (κ1) is 14.1. The van der Waals surface area contributed by atoms with Gasteiger partial charge in [0.1, 0.15) is 0 Å². The van der Waals surface area contributed by atoms with E-state index in [1.165, 1.54) is 0 Å². The van der Waals surface area contributed by atoms with E-state index in [4.69, 9.17) is 0 Å². The molecule has 2 fully saturated rings. The van der Waals surface area contributed by atoms with Gasteiger partial charge in [0.15, 0.2) is 0 Å². The van der Waals surface area contributed by atoms with Crippen molar-refractivity contribution in [1.29, 1.82) is 0 Å². The lowest BCUT2D eigenvalue weighted by Gasteiger charge is -2.27. The van der Waals surface area contributed by atoms with Crippen LogP contribution in [0.2, 0.25) is 0 Å². The van der Waals surface area contributed by atoms with E-state index < -0.39 is 0 Å². The second kappa shape index (κ2) is 5.08. The third kappa shape index (κ3) is 2.06. The van der Waals surface area contributed by atoms with Gasteiger partial charge in [-0.15, -0.1) is 0 Å². The van der Waals surface area contributed by atoms with Crippen molar-refractivity contribution in [2.45, 2.75) is 31.4 Å². The molecule has 2 aliphatic rings. The second-order valence-electron chi connectivity index (χ2n) is 7.27. The van der Waals surface area contributed by atoms with Crippen LogP contribution < -0.4 is 0 Å². The Labute approximate surface area is 140 Å². The summed E-state index contributed by atoms with van der Waals surface area (Å²) in [7, 11) is 0. The Morgan fingerprint density at radius 2 is 1.88 bits per heavy atom. The molecule has 2 heterocycles. The maximum atomic E-state index is 13.0. The average Bonchev–Trinajstić information content (AvgIpc) is 3.10. The van der Waals surface area contributed by atoms with Gasteiger partial charge in [-0.1, -0.05) is 18.2 Å². The van der Waals surface area contributed by atoms with E-state index in [1.54, 1.807) is 0 Å². The highest BCUT2D eigenvalue weighted by Gasteiger charge is 2.41. The Morgan fingerprint density at radius 3 is 2.79 bits per heavy atom. The molecule has 1 amide bonds. The lowest BCUT2D eigenvalue weighted by Crippen LogP contribution is -2.36. The van der Waals surface area contributed by atoms with Crippen molar-refractivity contribution in [3.05, 3.63) is 48.0 Å². The summed E-state index contributed by atoms with van der Waals surface area (Å²) in [5, 5.41) is 12.2. The lowest BCUT2D eigenvalue weighted by atomic mass is 9.88. The number of aromatic amines is 1. The van der Waals surface area contributed by atoms with Crippen molar-refractivity contribution in [1.82, 2.24) is 9.88 Å². The van der Waals surface area contributed by atoms with Crippen molar-refractivity contribution in [3.63, 3.8) is 0 Å². The molecule has 122 valence electrons. The van der Waals surface area contributed by atoms with E-state index >= 15 is 0 Å². The van der Waals surface area contributed by atoms with E-state index in [2.05, 4.69) is 17.1 Å². The summed E-state index contributed by atoms with van der Waals surface area (Å²) < 4.78 is 0. The van der Waals surface area contributed by atoms with Crippen molar-refractivity contribution < 1.29 is 9.90 Å². The molecule has 3 atom stereocenters. The molecule has 1 aliphatic heterocycles. The number of aliphatic hydroxyl groups excluding tert-OH is 1. The van der Waals surface area contributed by atoms with Gasteiger partial charge in [-0.05, 0) is 49.4 Å². The summed E-state index contributed by atoms with van der Waals surface area (Å²) in [6.07, 6.45) is 2.35. The normalized spacial score (nSPS) is 26.4. The number of benzene rings is 2. The Balaban J connectivity index is 1.54. The topological polar surface area (TPSA) is 56.3 Å². The maximum absolute atomic E-state index is 13.0. The highest BCUT2D eigenvalue weighted by atomic mass is 16.3. The molecule has 3 unspecified atom stereocenters. The molecular formula is C20H20N2O2. The molecule has 1 saturated heterocycles. The summed E-state index contributed by atoms with van der Waals surface area (Å²) >= 11 is 0. The van der Waals surface area contributed by atoms with Crippen LogP contribution in [0.4, 0.5) is 0 Å². The number of nitrogens with zero attached hydrogens (tertiary/aromatic N) is 1. The van der Waals surface area contributed by atoms with E-state index in [9.17, 15) is 9.90 Å². The fourth-order valence-electron chi connectivity index (χ4n) is 4.60. The van der Waals surface area contributed by atoms with Crippen molar-refractivity contribution >= 4 is 27.7 Å². The molecule has 1 saturated carbocycles. The molecular weight excluding hydrogens is 300 g/mol. The molecule has 1 aliphatic carbocycles. The van der Waals surface area contributed by atoms with E-state index in [-0.39, 0.29) is 18.1 Å². The predicted octanol–water partition coefficient (Wildman–Crippen LogP) is 3.31. The lowest BCUT2D eigenvalue weighted by molar-refractivity contribution is 0.0672. The zero-order valence-electron chi connectivity index (χ0n) is 13.4. The Morgan fingerprint density at radius 1 is 1.04 bits per heavy atom. The number of amides is 1. The zero-order valence-corrected chi connectivity index (χ0v) is 13.4. The first-order chi connectivity index (χ1) is 11.7. The van der Waals surface area contributed by atoms with E-state index in [0.29, 0.717) is 5.92 Å². The minimum absolute atomic E-state index is 0.101. The number of aliphatic hydroxyl groups is 1. The van der Waals surface area contributed by atoms with Gasteiger partial charge >= 0.3 is 0 Å². The standard InChI is InChI=1S/C20H20N2O2/c23-15-8-12-7-14(10-15)22(11-12)20(24)13-5-6-19-17(9-13)16-3-1-2-4-18(16)21-19/h1-6,9,12,14-15,21,23H,7-8,10-11H2. The molecule has 0 radical (unpaired) electrons. The SMILES string of the molecule is O=C(c1ccc2[nH]c3ccccc3c2c1)N1CC2CC(O)CC1C2. The quantitative estimate of drug-likeness (QED) is 0.723. The predicted molar refractivity (Wildman–Crippen MR) is 94.0 cm³/mol. The summed E-state index contributed by atoms with van der Waals surface area (Å²) in [6.45, 7) is 0.784. The summed E-state index contributed by atoms with van der Waals surface area (Å²) in [5.74, 6) is 0.559. The summed E-state index contributed by atoms with van der Waals surface area (Å²) in [6, 6.07) is 14.3. The monoisotopic (exact) mass is 320 g/mol. The Hall–Kier alpha value is -2.33. The second-order valence-corrected chi connectivity index (χ2v) is 7.27. The number of aromatic nitrogens is 1. The van der Waals surface area contributed by atoms with E-state index in [1.807, 2.05) is 35.2 Å². The highest BCUT2D eigenvalue weighted by molar-refractivity contribution is 6.10. The molecule has 3 aromatic rings. The van der Waals surface area contributed by atoms with Crippen molar-refractivity contribution in [2.75, 3.05) is 6.54 Å². The number of carbonyl (C=O) groups excluding carboxylic acids is 1. The summed E-state index contributed by atoms with van der Waals surface area (Å²) in [5.41, 5.74) is 2.90. The van der Waals surface area contributed by atoms with Gasteiger partial charge in [0, 0.05) is 40.0 Å². The van der Waals surface area contributed by atoms with Gasteiger partial charge < -0.3 is 15.0 Å². The molecule has 0 spiro atoms. The first-order valence-corrected chi connectivity index (χ1v) is 8.68. The molecule has 4 nitrogen and oxygen atoms in total. The van der Waals surface area contributed by atoms with Gasteiger partial charge in [-0.3, -0.25) is 4.79 Å². The third-order valence-electron chi connectivity index (χ3n) is 5.66. The largest absolute Gasteiger partial charge is 0.393 e. The zero-order chi connectivity index (χ0) is 16.3. The fourth-order valence-corrected chi connectivity index (χ4v) is 4.60. The van der Waals surface area contributed by atoms with Crippen LogP contribution in [0.15, 0.2) is 42.5 Å². The molecule has 24 heavy (non-hydrogen) atoms. The van der Waals surface area contributed by atoms with Crippen LogP contribution in [0.1, 0.15) is 29.6 Å². The van der Waals surface area contributed by atoms with Crippen LogP contribution >= 0.6 is 0 Å². The van der Waals surface area contributed by atoms with Crippen molar-refractivity contribution in [2.24, 2.45) is 5.92 Å². The number of hydrogen-bond donors (Lipinski definition) is 2. The number of carbonyl (C=O) groups is 1. The molecule has 2 N–H and O–H groups in total. The van der Waals surface area contributed by atoms with Gasteiger partial charge in [0.25, 0.3) is 5.91 Å². The van der Waals surface area contributed by atoms with Crippen LogP contribution in [0, 0.1) is 5.92 Å². The van der Waals surface area contributed by atoms with Gasteiger partial charge in [-0.2, -0.15) is 0 Å². The van der Waals surface area contributed by atoms with Gasteiger partial charge in [0.2, 0.25) is 0 Å². The van der Waals surface area contributed by atoms with Gasteiger partial charge in [-0.25, -0.2) is 0 Å². The van der Waals surface area contributed by atoms with Crippen LogP contribution in [0.5, 0.6) is 0 Å². The minimum Gasteiger partial charge on any atom is -0.393 e. The number of H-pyrrole nitrogens is 1. The Bertz CT molecular complexity index is 945. The maximum Gasteiger partial charge on any atom is 0.254 e. The number of para-hydroxylation sites is 1. The fraction of sp³-hybridized carbons (Fsp3) is 0.350. The Kier molecular flexibility index (Phi) is 2.98. The van der Waals surface area contributed by atoms with E-state index in [0.717, 1.165) is 53.2 Å². The number of rotatable bonds is 1. The number of hydrogen-bond acceptors (Lipinski definition) is 2. The number of nitrogens with one attached hydrogen (secondary N) is 1. The molecule has 5 rings (SSSR count). The van der Waals surface area contributed by atoms with Crippen LogP contribution in [-0.2, 0) is 0 Å². The average molecular weight is 320 g/mol.